The van der Waals surface area contributed by atoms with Crippen molar-refractivity contribution in [3.8, 4) is 11.3 Å². The van der Waals surface area contributed by atoms with Crippen LogP contribution in [0.5, 0.6) is 0 Å². The second-order valence-electron chi connectivity index (χ2n) is 6.24. The molecule has 134 valence electrons. The number of likely N-dealkylation sites (tertiary alicyclic amines) is 1. The molecule has 0 unspecified atom stereocenters. The molecule has 0 radical (unpaired) electrons. The molecule has 0 bridgehead atoms. The van der Waals surface area contributed by atoms with Crippen LogP contribution in [0.1, 0.15) is 48.7 Å². The third kappa shape index (κ3) is 4.22. The predicted octanol–water partition coefficient (Wildman–Crippen LogP) is 3.16. The minimum Gasteiger partial charge on any atom is -0.461 e. The second-order valence-corrected chi connectivity index (χ2v) is 6.24. The molecule has 0 spiro atoms. The summed E-state index contributed by atoms with van der Waals surface area (Å²) < 4.78 is 19.5. The molecule has 25 heavy (non-hydrogen) atoms. The van der Waals surface area contributed by atoms with Crippen molar-refractivity contribution in [1.29, 1.82) is 0 Å². The van der Waals surface area contributed by atoms with Crippen LogP contribution in [0.3, 0.4) is 0 Å². The van der Waals surface area contributed by atoms with Crippen LogP contribution >= 0.6 is 0 Å². The van der Waals surface area contributed by atoms with E-state index in [1.165, 1.54) is 31.7 Å². The molecule has 0 saturated carbocycles. The van der Waals surface area contributed by atoms with Crippen molar-refractivity contribution in [2.45, 2.75) is 39.2 Å². The molecule has 2 aromatic rings. The van der Waals surface area contributed by atoms with E-state index in [4.69, 9.17) is 4.74 Å². The number of esters is 1. The van der Waals surface area contributed by atoms with Gasteiger partial charge in [0.15, 0.2) is 5.69 Å². The number of benzene rings is 1. The van der Waals surface area contributed by atoms with E-state index in [9.17, 15) is 9.18 Å². The van der Waals surface area contributed by atoms with Gasteiger partial charge in [0.1, 0.15) is 11.5 Å². The normalized spacial score (nSPS) is 15.8. The first-order chi connectivity index (χ1) is 12.2. The van der Waals surface area contributed by atoms with Crippen molar-refractivity contribution in [3.63, 3.8) is 0 Å². The highest BCUT2D eigenvalue weighted by Gasteiger charge is 2.20. The van der Waals surface area contributed by atoms with Crippen molar-refractivity contribution in [3.05, 3.63) is 35.3 Å². The summed E-state index contributed by atoms with van der Waals surface area (Å²) in [5.74, 6) is -0.861. The Kier molecular flexibility index (Phi) is 5.75. The molecule has 0 aliphatic carbocycles. The van der Waals surface area contributed by atoms with Crippen molar-refractivity contribution >= 4 is 5.97 Å². The standard InChI is InChI=1S/C18H23FN4O2/c1-2-25-18(24)17-16(20-22-21-17)13-7-8-14(15(19)11-13)12-23-9-5-3-4-6-10-23/h7-8,11H,2-6,9-10,12H2,1H3,(H,20,21,22). The van der Waals surface area contributed by atoms with Crippen molar-refractivity contribution in [1.82, 2.24) is 20.3 Å². The molecule has 1 aromatic heterocycles. The molecule has 1 N–H and O–H groups in total. The van der Waals surface area contributed by atoms with Crippen molar-refractivity contribution in [2.24, 2.45) is 0 Å². The molecule has 1 aliphatic rings. The highest BCUT2D eigenvalue weighted by molar-refractivity contribution is 5.93. The summed E-state index contributed by atoms with van der Waals surface area (Å²) in [7, 11) is 0. The Bertz CT molecular complexity index is 724. The van der Waals surface area contributed by atoms with E-state index in [0.717, 1.165) is 13.1 Å². The van der Waals surface area contributed by atoms with Crippen molar-refractivity contribution in [2.75, 3.05) is 19.7 Å². The fourth-order valence-electron chi connectivity index (χ4n) is 3.13. The van der Waals surface area contributed by atoms with Crippen LogP contribution in [0.15, 0.2) is 18.2 Å². The maximum Gasteiger partial charge on any atom is 0.361 e. The molecule has 1 fully saturated rings. The van der Waals surface area contributed by atoms with Gasteiger partial charge in [-0.05, 0) is 38.9 Å². The maximum absolute atomic E-state index is 14.6. The average molecular weight is 346 g/mol. The lowest BCUT2D eigenvalue weighted by atomic mass is 10.1. The maximum atomic E-state index is 14.6. The zero-order chi connectivity index (χ0) is 17.6. The second kappa shape index (κ2) is 8.20. The molecule has 6 nitrogen and oxygen atoms in total. The average Bonchev–Trinajstić information content (AvgIpc) is 2.95. The molecule has 7 heteroatoms. The molecule has 0 atom stereocenters. The van der Waals surface area contributed by atoms with Gasteiger partial charge in [0.2, 0.25) is 0 Å². The van der Waals surface area contributed by atoms with Gasteiger partial charge in [0.05, 0.1) is 6.61 Å². The predicted molar refractivity (Wildman–Crippen MR) is 91.5 cm³/mol. The Labute approximate surface area is 146 Å². The van der Waals surface area contributed by atoms with Crippen LogP contribution in [0.2, 0.25) is 0 Å². The Balaban J connectivity index is 1.78. The third-order valence-corrected chi connectivity index (χ3v) is 4.44. The van der Waals surface area contributed by atoms with Crippen LogP contribution in [-0.2, 0) is 11.3 Å². The number of H-pyrrole nitrogens is 1. The smallest absolute Gasteiger partial charge is 0.361 e. The summed E-state index contributed by atoms with van der Waals surface area (Å²) in [6.45, 7) is 4.59. The summed E-state index contributed by atoms with van der Waals surface area (Å²) in [4.78, 5) is 14.2. The number of carbonyl (C=O) groups is 1. The number of nitrogens with one attached hydrogen (secondary N) is 1. The topological polar surface area (TPSA) is 71.1 Å². The largest absolute Gasteiger partial charge is 0.461 e. The number of ether oxygens (including phenoxy) is 1. The molecular weight excluding hydrogens is 323 g/mol. The number of aromatic amines is 1. The lowest BCUT2D eigenvalue weighted by Gasteiger charge is -2.20. The first-order valence-corrected chi connectivity index (χ1v) is 8.78. The highest BCUT2D eigenvalue weighted by atomic mass is 19.1. The number of nitrogens with zero attached hydrogens (tertiary/aromatic N) is 3. The van der Waals surface area contributed by atoms with Crippen LogP contribution in [0.25, 0.3) is 11.3 Å². The van der Waals surface area contributed by atoms with E-state index in [1.807, 2.05) is 0 Å². The Morgan fingerprint density at radius 3 is 2.68 bits per heavy atom. The van der Waals surface area contributed by atoms with Gasteiger partial charge in [-0.25, -0.2) is 9.18 Å². The van der Waals surface area contributed by atoms with Gasteiger partial charge < -0.3 is 4.74 Å². The SMILES string of the molecule is CCOC(=O)c1n[nH]nc1-c1ccc(CN2CCCCCC2)c(F)c1. The minimum absolute atomic E-state index is 0.0709. The third-order valence-electron chi connectivity index (χ3n) is 4.44. The van der Waals surface area contributed by atoms with Crippen LogP contribution < -0.4 is 0 Å². The van der Waals surface area contributed by atoms with Gasteiger partial charge >= 0.3 is 5.97 Å². The minimum atomic E-state index is -0.569. The number of hydrogen-bond acceptors (Lipinski definition) is 5. The summed E-state index contributed by atoms with van der Waals surface area (Å²) in [6, 6.07) is 4.95. The summed E-state index contributed by atoms with van der Waals surface area (Å²) in [5.41, 5.74) is 1.54. The van der Waals surface area contributed by atoms with Crippen LogP contribution in [0.4, 0.5) is 4.39 Å². The Hall–Kier alpha value is -2.28. The van der Waals surface area contributed by atoms with E-state index in [0.29, 0.717) is 23.4 Å². The Morgan fingerprint density at radius 2 is 2.00 bits per heavy atom. The molecule has 1 saturated heterocycles. The molecule has 3 rings (SSSR count). The van der Waals surface area contributed by atoms with Crippen molar-refractivity contribution < 1.29 is 13.9 Å². The number of hydrogen-bond donors (Lipinski definition) is 1. The van der Waals surface area contributed by atoms with E-state index < -0.39 is 5.97 Å². The quantitative estimate of drug-likeness (QED) is 0.842. The first kappa shape index (κ1) is 17.5. The lowest BCUT2D eigenvalue weighted by Crippen LogP contribution is -2.24. The Morgan fingerprint density at radius 1 is 1.24 bits per heavy atom. The molecule has 1 aromatic carbocycles. The zero-order valence-electron chi connectivity index (χ0n) is 14.4. The van der Waals surface area contributed by atoms with E-state index in [1.54, 1.807) is 19.1 Å². The lowest BCUT2D eigenvalue weighted by molar-refractivity contribution is 0.0520. The number of carbonyl (C=O) groups excluding carboxylic acids is 1. The van der Waals surface area contributed by atoms with Gasteiger partial charge in [-0.3, -0.25) is 4.90 Å². The molecule has 2 heterocycles. The number of halogens is 1. The van der Waals surface area contributed by atoms with E-state index in [-0.39, 0.29) is 18.1 Å². The summed E-state index contributed by atoms with van der Waals surface area (Å²) in [5, 5.41) is 10.2. The van der Waals surface area contributed by atoms with E-state index in [2.05, 4.69) is 20.3 Å². The van der Waals surface area contributed by atoms with Gasteiger partial charge in [0.25, 0.3) is 0 Å². The van der Waals surface area contributed by atoms with Gasteiger partial charge in [-0.2, -0.15) is 10.3 Å². The fourth-order valence-corrected chi connectivity index (χ4v) is 3.13. The van der Waals surface area contributed by atoms with Crippen LogP contribution in [0, 0.1) is 5.82 Å². The monoisotopic (exact) mass is 346 g/mol. The molecule has 0 amide bonds. The number of rotatable bonds is 5. The number of aromatic nitrogens is 3. The molecule has 1 aliphatic heterocycles. The van der Waals surface area contributed by atoms with Gasteiger partial charge in [-0.15, -0.1) is 5.10 Å². The summed E-state index contributed by atoms with van der Waals surface area (Å²) in [6.07, 6.45) is 4.84. The zero-order valence-corrected chi connectivity index (χ0v) is 14.4. The first-order valence-electron chi connectivity index (χ1n) is 8.78. The highest BCUT2D eigenvalue weighted by Crippen LogP contribution is 2.24. The van der Waals surface area contributed by atoms with Crippen LogP contribution in [-0.4, -0.2) is 46.0 Å². The van der Waals surface area contributed by atoms with Gasteiger partial charge in [0, 0.05) is 17.7 Å². The van der Waals surface area contributed by atoms with E-state index >= 15 is 0 Å². The molecular formula is C18H23FN4O2. The van der Waals surface area contributed by atoms with Gasteiger partial charge in [-0.1, -0.05) is 25.0 Å². The fraction of sp³-hybridized carbons (Fsp3) is 0.500. The summed E-state index contributed by atoms with van der Waals surface area (Å²) >= 11 is 0.